The lowest BCUT2D eigenvalue weighted by molar-refractivity contribution is 0.214. The van der Waals surface area contributed by atoms with Gasteiger partial charge in [-0.2, -0.15) is 0 Å². The molecule has 0 aliphatic rings. The highest BCUT2D eigenvalue weighted by Crippen LogP contribution is 2.25. The first-order chi connectivity index (χ1) is 8.08. The second kappa shape index (κ2) is 4.98. The Hall–Kier alpha value is -1.19. The fourth-order valence-electron chi connectivity index (χ4n) is 1.76. The molecule has 0 aliphatic heterocycles. The smallest absolute Gasteiger partial charge is 0.121 e. The van der Waals surface area contributed by atoms with Gasteiger partial charge in [-0.15, -0.1) is 0 Å². The van der Waals surface area contributed by atoms with Crippen LogP contribution < -0.4 is 0 Å². The number of pyridine rings is 1. The van der Waals surface area contributed by atoms with Crippen LogP contribution in [-0.4, -0.2) is 10.1 Å². The van der Waals surface area contributed by atoms with Crippen LogP contribution in [0.3, 0.4) is 0 Å². The first kappa shape index (κ1) is 12.3. The number of hydrogen-bond donors (Lipinski definition) is 1. The SMILES string of the molecule is Cc1ccc(C)c(C(O)c2ccc(Br)cn2)c1. The summed E-state index contributed by atoms with van der Waals surface area (Å²) in [7, 11) is 0. The van der Waals surface area contributed by atoms with E-state index in [1.54, 1.807) is 6.20 Å². The first-order valence-corrected chi connectivity index (χ1v) is 6.24. The van der Waals surface area contributed by atoms with Gasteiger partial charge in [-0.25, -0.2) is 0 Å². The van der Waals surface area contributed by atoms with Gasteiger partial charge < -0.3 is 5.11 Å². The summed E-state index contributed by atoms with van der Waals surface area (Å²) in [5, 5.41) is 10.3. The van der Waals surface area contributed by atoms with Crippen molar-refractivity contribution in [2.75, 3.05) is 0 Å². The van der Waals surface area contributed by atoms with E-state index in [1.807, 2.05) is 44.2 Å². The van der Waals surface area contributed by atoms with Gasteiger partial charge >= 0.3 is 0 Å². The molecule has 3 heteroatoms. The average molecular weight is 292 g/mol. The summed E-state index contributed by atoms with van der Waals surface area (Å²) in [6.45, 7) is 4.02. The third-order valence-electron chi connectivity index (χ3n) is 2.76. The van der Waals surface area contributed by atoms with E-state index in [0.717, 1.165) is 21.2 Å². The maximum Gasteiger partial charge on any atom is 0.121 e. The zero-order valence-electron chi connectivity index (χ0n) is 9.81. The highest BCUT2D eigenvalue weighted by atomic mass is 79.9. The van der Waals surface area contributed by atoms with Gasteiger partial charge in [-0.1, -0.05) is 23.8 Å². The van der Waals surface area contributed by atoms with E-state index in [0.29, 0.717) is 5.69 Å². The van der Waals surface area contributed by atoms with Gasteiger partial charge in [0.25, 0.3) is 0 Å². The standard InChI is InChI=1S/C14H14BrNO/c1-9-3-4-10(2)12(7-9)14(17)13-6-5-11(15)8-16-13/h3-8,14,17H,1-2H3. The number of rotatable bonds is 2. The zero-order chi connectivity index (χ0) is 12.4. The number of halogens is 1. The lowest BCUT2D eigenvalue weighted by Crippen LogP contribution is -2.04. The van der Waals surface area contributed by atoms with Crippen LogP contribution in [0.25, 0.3) is 0 Å². The highest BCUT2D eigenvalue weighted by molar-refractivity contribution is 9.10. The monoisotopic (exact) mass is 291 g/mol. The van der Waals surface area contributed by atoms with Crippen LogP contribution in [0.4, 0.5) is 0 Å². The normalized spacial score (nSPS) is 12.5. The number of nitrogens with zero attached hydrogens (tertiary/aromatic N) is 1. The molecule has 0 spiro atoms. The number of aliphatic hydroxyl groups is 1. The van der Waals surface area contributed by atoms with E-state index in [-0.39, 0.29) is 0 Å². The lowest BCUT2D eigenvalue weighted by atomic mass is 9.99. The van der Waals surface area contributed by atoms with Crippen molar-refractivity contribution in [2.24, 2.45) is 0 Å². The summed E-state index contributed by atoms with van der Waals surface area (Å²) < 4.78 is 0.911. The molecule has 0 aliphatic carbocycles. The molecular formula is C14H14BrNO. The molecule has 17 heavy (non-hydrogen) atoms. The van der Waals surface area contributed by atoms with Crippen LogP contribution in [0.1, 0.15) is 28.5 Å². The van der Waals surface area contributed by atoms with Crippen molar-refractivity contribution in [1.29, 1.82) is 0 Å². The molecule has 0 fully saturated rings. The third-order valence-corrected chi connectivity index (χ3v) is 3.23. The van der Waals surface area contributed by atoms with E-state index in [4.69, 9.17) is 0 Å². The highest BCUT2D eigenvalue weighted by Gasteiger charge is 2.14. The Kier molecular flexibility index (Phi) is 3.60. The van der Waals surface area contributed by atoms with Gasteiger partial charge in [0.05, 0.1) is 5.69 Å². The van der Waals surface area contributed by atoms with E-state index in [1.165, 1.54) is 0 Å². The van der Waals surface area contributed by atoms with Crippen molar-refractivity contribution in [3.05, 3.63) is 63.4 Å². The topological polar surface area (TPSA) is 33.1 Å². The van der Waals surface area contributed by atoms with E-state index in [9.17, 15) is 5.11 Å². The second-order valence-corrected chi connectivity index (χ2v) is 5.08. The van der Waals surface area contributed by atoms with Gasteiger partial charge in [0.2, 0.25) is 0 Å². The lowest BCUT2D eigenvalue weighted by Gasteiger charge is -2.14. The van der Waals surface area contributed by atoms with Gasteiger partial charge in [0, 0.05) is 10.7 Å². The molecule has 2 nitrogen and oxygen atoms in total. The molecular weight excluding hydrogens is 278 g/mol. The van der Waals surface area contributed by atoms with Crippen LogP contribution in [0.5, 0.6) is 0 Å². The van der Waals surface area contributed by atoms with Crippen LogP contribution in [-0.2, 0) is 0 Å². The van der Waals surface area contributed by atoms with Crippen LogP contribution in [0, 0.1) is 13.8 Å². The molecule has 1 N–H and O–H groups in total. The van der Waals surface area contributed by atoms with Crippen molar-refractivity contribution in [3.8, 4) is 0 Å². The Bertz CT molecular complexity index is 522. The number of aromatic nitrogens is 1. The number of hydrogen-bond acceptors (Lipinski definition) is 2. The molecule has 1 atom stereocenters. The van der Waals surface area contributed by atoms with Crippen molar-refractivity contribution < 1.29 is 5.11 Å². The third kappa shape index (κ3) is 2.73. The molecule has 0 bridgehead atoms. The maximum atomic E-state index is 10.3. The fourth-order valence-corrected chi connectivity index (χ4v) is 2.00. The number of benzene rings is 1. The largest absolute Gasteiger partial charge is 0.382 e. The molecule has 0 saturated heterocycles. The number of aliphatic hydroxyl groups excluding tert-OH is 1. The van der Waals surface area contributed by atoms with Crippen LogP contribution in [0.2, 0.25) is 0 Å². The van der Waals surface area contributed by atoms with Gasteiger partial charge in [0.15, 0.2) is 0 Å². The van der Waals surface area contributed by atoms with E-state index < -0.39 is 6.10 Å². The molecule has 0 amide bonds. The average Bonchev–Trinajstić information content (AvgIpc) is 2.32. The predicted molar refractivity (Wildman–Crippen MR) is 71.9 cm³/mol. The molecule has 1 aromatic heterocycles. The molecule has 0 radical (unpaired) electrons. The Morgan fingerprint density at radius 1 is 1.18 bits per heavy atom. The number of aryl methyl sites for hydroxylation is 2. The van der Waals surface area contributed by atoms with Gasteiger partial charge in [0.1, 0.15) is 6.10 Å². The minimum atomic E-state index is -0.664. The Morgan fingerprint density at radius 3 is 2.59 bits per heavy atom. The Labute approximate surface area is 109 Å². The molecule has 2 aromatic rings. The van der Waals surface area contributed by atoms with Gasteiger partial charge in [-0.05, 0) is 53.0 Å². The summed E-state index contributed by atoms with van der Waals surface area (Å²) in [6, 6.07) is 9.78. The van der Waals surface area contributed by atoms with E-state index in [2.05, 4.69) is 20.9 Å². The predicted octanol–water partition coefficient (Wildman–Crippen LogP) is 3.54. The molecule has 1 heterocycles. The van der Waals surface area contributed by atoms with Gasteiger partial charge in [-0.3, -0.25) is 4.98 Å². The minimum Gasteiger partial charge on any atom is -0.382 e. The minimum absolute atomic E-state index is 0.664. The van der Waals surface area contributed by atoms with Crippen LogP contribution in [0.15, 0.2) is 41.0 Å². The second-order valence-electron chi connectivity index (χ2n) is 4.16. The first-order valence-electron chi connectivity index (χ1n) is 5.44. The van der Waals surface area contributed by atoms with Crippen molar-refractivity contribution in [3.63, 3.8) is 0 Å². The summed E-state index contributed by atoms with van der Waals surface area (Å²) in [4.78, 5) is 4.23. The molecule has 1 aromatic carbocycles. The summed E-state index contributed by atoms with van der Waals surface area (Å²) in [6.07, 6.45) is 1.03. The Balaban J connectivity index is 2.39. The van der Waals surface area contributed by atoms with Crippen molar-refractivity contribution in [1.82, 2.24) is 4.98 Å². The quantitative estimate of drug-likeness (QED) is 0.918. The van der Waals surface area contributed by atoms with Crippen molar-refractivity contribution in [2.45, 2.75) is 20.0 Å². The van der Waals surface area contributed by atoms with E-state index >= 15 is 0 Å². The Morgan fingerprint density at radius 2 is 1.94 bits per heavy atom. The molecule has 0 saturated carbocycles. The molecule has 2 rings (SSSR count). The van der Waals surface area contributed by atoms with Crippen LogP contribution >= 0.6 is 15.9 Å². The summed E-state index contributed by atoms with van der Waals surface area (Å²) in [5.41, 5.74) is 3.80. The molecule has 88 valence electrons. The summed E-state index contributed by atoms with van der Waals surface area (Å²) >= 11 is 3.33. The van der Waals surface area contributed by atoms with Crippen molar-refractivity contribution >= 4 is 15.9 Å². The zero-order valence-corrected chi connectivity index (χ0v) is 11.4. The fraction of sp³-hybridized carbons (Fsp3) is 0.214. The molecule has 1 unspecified atom stereocenters. The summed E-state index contributed by atoms with van der Waals surface area (Å²) in [5.74, 6) is 0. The maximum absolute atomic E-state index is 10.3.